The van der Waals surface area contributed by atoms with Gasteiger partial charge in [0.15, 0.2) is 0 Å². The van der Waals surface area contributed by atoms with E-state index < -0.39 is 0 Å². The van der Waals surface area contributed by atoms with Crippen molar-refractivity contribution < 1.29 is 9.53 Å². The molecule has 2 aromatic heterocycles. The molecule has 134 valence electrons. The smallest absolute Gasteiger partial charge is 0.270 e. The van der Waals surface area contributed by atoms with E-state index in [2.05, 4.69) is 10.3 Å². The number of imidazole rings is 1. The molecule has 1 aliphatic carbocycles. The number of nitrogens with one attached hydrogen (secondary N) is 1. The number of nitrogens with zero attached hydrogens (tertiary/aromatic N) is 2. The third-order valence-corrected chi connectivity index (χ3v) is 4.75. The molecule has 1 N–H and O–H groups in total. The van der Waals surface area contributed by atoms with Crippen LogP contribution < -0.4 is 10.1 Å². The number of benzene rings is 1. The van der Waals surface area contributed by atoms with E-state index in [9.17, 15) is 4.79 Å². The molecular weight excluding hydrogens is 373 g/mol. The van der Waals surface area contributed by atoms with Crippen LogP contribution in [-0.2, 0) is 0 Å². The lowest BCUT2D eigenvalue weighted by atomic mass is 10.2. The molecule has 0 radical (unpaired) electrons. The Morgan fingerprint density at radius 1 is 1.19 bits per heavy atom. The zero-order chi connectivity index (χ0) is 18.1. The number of hydrogen-bond donors (Lipinski definition) is 1. The van der Waals surface area contributed by atoms with Gasteiger partial charge < -0.3 is 10.1 Å². The van der Waals surface area contributed by atoms with Gasteiger partial charge in [0.05, 0.1) is 12.2 Å². The summed E-state index contributed by atoms with van der Waals surface area (Å²) in [6, 6.07) is 10.6. The van der Waals surface area contributed by atoms with Gasteiger partial charge in [0, 0.05) is 28.2 Å². The van der Waals surface area contributed by atoms with Crippen molar-refractivity contribution in [3.8, 4) is 5.75 Å². The Morgan fingerprint density at radius 2 is 1.96 bits per heavy atom. The second-order valence-electron chi connectivity index (χ2n) is 6.25. The van der Waals surface area contributed by atoms with E-state index in [1.807, 2.05) is 0 Å². The van der Waals surface area contributed by atoms with E-state index in [0.717, 1.165) is 18.5 Å². The molecule has 0 bridgehead atoms. The Hall–Kier alpha value is -2.24. The highest BCUT2D eigenvalue weighted by Crippen LogP contribution is 2.41. The van der Waals surface area contributed by atoms with Crippen LogP contribution in [0.3, 0.4) is 0 Å². The SMILES string of the molecule is O=C(NCCOc1ccc(Cl)cc1)c1c(C2CC2)nc2cc(Cl)ccn12. The number of aromatic nitrogens is 2. The van der Waals surface area contributed by atoms with Gasteiger partial charge in [0.25, 0.3) is 5.91 Å². The van der Waals surface area contributed by atoms with E-state index in [1.54, 1.807) is 47.0 Å². The largest absolute Gasteiger partial charge is 0.492 e. The maximum absolute atomic E-state index is 12.7. The number of amides is 1. The minimum absolute atomic E-state index is 0.151. The first-order valence-corrected chi connectivity index (χ1v) is 9.21. The first-order valence-electron chi connectivity index (χ1n) is 8.46. The summed E-state index contributed by atoms with van der Waals surface area (Å²) in [5.41, 5.74) is 2.14. The molecule has 3 aromatic rings. The molecule has 0 aliphatic heterocycles. The van der Waals surface area contributed by atoms with Crippen LogP contribution in [0.2, 0.25) is 10.0 Å². The summed E-state index contributed by atoms with van der Waals surface area (Å²) in [5.74, 6) is 0.924. The van der Waals surface area contributed by atoms with Gasteiger partial charge in [-0.1, -0.05) is 23.2 Å². The lowest BCUT2D eigenvalue weighted by Gasteiger charge is -2.09. The average molecular weight is 390 g/mol. The maximum Gasteiger partial charge on any atom is 0.270 e. The Balaban J connectivity index is 1.44. The first-order chi connectivity index (χ1) is 12.6. The highest BCUT2D eigenvalue weighted by molar-refractivity contribution is 6.31. The summed E-state index contributed by atoms with van der Waals surface area (Å²) in [6.45, 7) is 0.765. The molecule has 0 unspecified atom stereocenters. The van der Waals surface area contributed by atoms with Gasteiger partial charge in [-0.15, -0.1) is 0 Å². The van der Waals surface area contributed by atoms with Crippen molar-refractivity contribution in [2.45, 2.75) is 18.8 Å². The van der Waals surface area contributed by atoms with Crippen LogP contribution in [0.1, 0.15) is 34.9 Å². The van der Waals surface area contributed by atoms with Gasteiger partial charge in [0.1, 0.15) is 23.7 Å². The molecule has 1 amide bonds. The lowest BCUT2D eigenvalue weighted by Crippen LogP contribution is -2.29. The van der Waals surface area contributed by atoms with Crippen molar-refractivity contribution in [2.75, 3.05) is 13.2 Å². The fourth-order valence-corrected chi connectivity index (χ4v) is 3.13. The minimum Gasteiger partial charge on any atom is -0.492 e. The van der Waals surface area contributed by atoms with Gasteiger partial charge in [-0.3, -0.25) is 9.20 Å². The third-order valence-electron chi connectivity index (χ3n) is 4.26. The predicted octanol–water partition coefficient (Wildman–Crippen LogP) is 4.33. The molecule has 4 rings (SSSR count). The second kappa shape index (κ2) is 7.17. The van der Waals surface area contributed by atoms with E-state index in [0.29, 0.717) is 46.2 Å². The molecule has 0 atom stereocenters. The number of ether oxygens (including phenoxy) is 1. The van der Waals surface area contributed by atoms with Crippen LogP contribution in [0, 0.1) is 0 Å². The van der Waals surface area contributed by atoms with Crippen LogP contribution in [0.5, 0.6) is 5.75 Å². The molecule has 5 nitrogen and oxygen atoms in total. The Morgan fingerprint density at radius 3 is 2.69 bits per heavy atom. The van der Waals surface area contributed by atoms with Crippen molar-refractivity contribution in [3.63, 3.8) is 0 Å². The monoisotopic (exact) mass is 389 g/mol. The fraction of sp³-hybridized carbons (Fsp3) is 0.263. The summed E-state index contributed by atoms with van der Waals surface area (Å²) < 4.78 is 7.41. The molecule has 7 heteroatoms. The minimum atomic E-state index is -0.151. The molecule has 1 saturated carbocycles. The normalized spacial score (nSPS) is 13.8. The lowest BCUT2D eigenvalue weighted by molar-refractivity contribution is 0.0940. The standard InChI is InChI=1S/C19H17Cl2N3O2/c20-13-3-5-15(6-4-13)26-10-8-22-19(25)18-17(12-1-2-12)23-16-11-14(21)7-9-24(16)18/h3-7,9,11-12H,1-2,8,10H2,(H,22,25). The quantitative estimate of drug-likeness (QED) is 0.638. The number of carbonyl (C=O) groups excluding carboxylic acids is 1. The number of halogens is 2. The number of fused-ring (bicyclic) bond motifs is 1. The summed E-state index contributed by atoms with van der Waals surface area (Å²) in [4.78, 5) is 17.4. The van der Waals surface area contributed by atoms with Gasteiger partial charge in [0.2, 0.25) is 0 Å². The number of rotatable bonds is 6. The van der Waals surface area contributed by atoms with Crippen LogP contribution >= 0.6 is 23.2 Å². The predicted molar refractivity (Wildman–Crippen MR) is 101 cm³/mol. The highest BCUT2D eigenvalue weighted by Gasteiger charge is 2.32. The van der Waals surface area contributed by atoms with Crippen LogP contribution in [0.15, 0.2) is 42.6 Å². The van der Waals surface area contributed by atoms with Gasteiger partial charge in [-0.05, 0) is 43.2 Å². The van der Waals surface area contributed by atoms with Crippen molar-refractivity contribution in [1.29, 1.82) is 0 Å². The van der Waals surface area contributed by atoms with Gasteiger partial charge in [-0.25, -0.2) is 4.98 Å². The number of pyridine rings is 1. The molecule has 26 heavy (non-hydrogen) atoms. The van der Waals surface area contributed by atoms with Crippen molar-refractivity contribution in [3.05, 3.63) is 64.0 Å². The third kappa shape index (κ3) is 3.64. The number of carbonyl (C=O) groups is 1. The molecule has 2 heterocycles. The Kier molecular flexibility index (Phi) is 4.74. The van der Waals surface area contributed by atoms with E-state index >= 15 is 0 Å². The molecule has 1 aromatic carbocycles. The summed E-state index contributed by atoms with van der Waals surface area (Å²) >= 11 is 11.9. The second-order valence-corrected chi connectivity index (χ2v) is 7.12. The van der Waals surface area contributed by atoms with E-state index in [-0.39, 0.29) is 5.91 Å². The highest BCUT2D eigenvalue weighted by atomic mass is 35.5. The zero-order valence-electron chi connectivity index (χ0n) is 13.9. The molecular formula is C19H17Cl2N3O2. The fourth-order valence-electron chi connectivity index (χ4n) is 2.85. The summed E-state index contributed by atoms with van der Waals surface area (Å²) in [6.07, 6.45) is 3.92. The Labute approximate surface area is 160 Å². The first kappa shape index (κ1) is 17.2. The molecule has 1 fully saturated rings. The molecule has 0 spiro atoms. The molecule has 1 aliphatic rings. The van der Waals surface area contributed by atoms with Gasteiger partial charge in [-0.2, -0.15) is 0 Å². The summed E-state index contributed by atoms with van der Waals surface area (Å²) in [7, 11) is 0. The van der Waals surface area contributed by atoms with E-state index in [1.165, 1.54) is 0 Å². The Bertz CT molecular complexity index is 949. The topological polar surface area (TPSA) is 55.6 Å². The van der Waals surface area contributed by atoms with E-state index in [4.69, 9.17) is 27.9 Å². The van der Waals surface area contributed by atoms with Gasteiger partial charge >= 0.3 is 0 Å². The van der Waals surface area contributed by atoms with Crippen molar-refractivity contribution in [1.82, 2.24) is 14.7 Å². The zero-order valence-corrected chi connectivity index (χ0v) is 15.4. The van der Waals surface area contributed by atoms with Crippen molar-refractivity contribution in [2.24, 2.45) is 0 Å². The number of hydrogen-bond acceptors (Lipinski definition) is 3. The van der Waals surface area contributed by atoms with Crippen molar-refractivity contribution >= 4 is 34.8 Å². The average Bonchev–Trinajstić information content (AvgIpc) is 3.40. The van der Waals surface area contributed by atoms with Crippen LogP contribution in [0.25, 0.3) is 5.65 Å². The molecule has 0 saturated heterocycles. The van der Waals surface area contributed by atoms with Crippen LogP contribution in [0.4, 0.5) is 0 Å². The maximum atomic E-state index is 12.7. The summed E-state index contributed by atoms with van der Waals surface area (Å²) in [5, 5.41) is 4.18. The van der Waals surface area contributed by atoms with Crippen LogP contribution in [-0.4, -0.2) is 28.4 Å².